The van der Waals surface area contributed by atoms with Gasteiger partial charge in [0.2, 0.25) is 12.5 Å². The summed E-state index contributed by atoms with van der Waals surface area (Å²) in [4.78, 5) is 34.7. The van der Waals surface area contributed by atoms with Gasteiger partial charge in [0.1, 0.15) is 25.3 Å². The minimum Gasteiger partial charge on any atom is -0.447 e. The first-order valence-corrected chi connectivity index (χ1v) is 15.8. The van der Waals surface area contributed by atoms with Crippen LogP contribution in [0.3, 0.4) is 0 Å². The molecule has 45 heavy (non-hydrogen) atoms. The van der Waals surface area contributed by atoms with Gasteiger partial charge >= 0.3 is 6.01 Å². The number of hydrogen-bond acceptors (Lipinski definition) is 8. The van der Waals surface area contributed by atoms with Crippen LogP contribution in [0.2, 0.25) is 5.02 Å². The van der Waals surface area contributed by atoms with Crippen molar-refractivity contribution in [2.75, 3.05) is 69.1 Å². The number of benzene rings is 2. The number of alkyl halides is 1. The lowest BCUT2D eigenvalue weighted by molar-refractivity contribution is -0.128. The number of hydrogen-bond donors (Lipinski definition) is 0. The third kappa shape index (κ3) is 5.90. The fourth-order valence-corrected chi connectivity index (χ4v) is 7.36. The highest BCUT2D eigenvalue weighted by Crippen LogP contribution is 2.37. The van der Waals surface area contributed by atoms with E-state index in [1.165, 1.54) is 12.2 Å². The maximum absolute atomic E-state index is 12.8. The molecule has 234 valence electrons. The number of halogens is 2. The van der Waals surface area contributed by atoms with Gasteiger partial charge in [-0.05, 0) is 36.4 Å². The maximum atomic E-state index is 12.8. The molecule has 0 saturated carbocycles. The smallest absolute Gasteiger partial charge is 0.320 e. The molecule has 3 atom stereocenters. The highest BCUT2D eigenvalue weighted by Gasteiger charge is 2.39. The first-order valence-electron chi connectivity index (χ1n) is 15.4. The van der Waals surface area contributed by atoms with Crippen molar-refractivity contribution < 1.29 is 18.7 Å². The van der Waals surface area contributed by atoms with Crippen LogP contribution in [-0.2, 0) is 22.5 Å². The van der Waals surface area contributed by atoms with Crippen LogP contribution in [0.15, 0.2) is 48.6 Å². The molecule has 0 N–H and O–H groups in total. The van der Waals surface area contributed by atoms with Gasteiger partial charge in [0.15, 0.2) is 0 Å². The van der Waals surface area contributed by atoms with E-state index < -0.39 is 6.67 Å². The molecule has 7 rings (SSSR count). The summed E-state index contributed by atoms with van der Waals surface area (Å²) >= 11 is 6.70. The quantitative estimate of drug-likeness (QED) is 0.272. The fourth-order valence-electron chi connectivity index (χ4n) is 7.08. The summed E-state index contributed by atoms with van der Waals surface area (Å²) in [6, 6.07) is 12.5. The molecule has 3 aromatic rings. The van der Waals surface area contributed by atoms with Gasteiger partial charge in [-0.1, -0.05) is 35.9 Å². The summed E-state index contributed by atoms with van der Waals surface area (Å²) in [6.45, 7) is 11.6. The lowest BCUT2D eigenvalue weighted by Gasteiger charge is -2.41. The van der Waals surface area contributed by atoms with Crippen LogP contribution in [-0.4, -0.2) is 103 Å². The number of allylic oxidation sites excluding steroid dienone is 1. The molecule has 1 amide bonds. The highest BCUT2D eigenvalue weighted by atomic mass is 35.5. The van der Waals surface area contributed by atoms with Crippen LogP contribution in [0, 0.1) is 6.57 Å². The van der Waals surface area contributed by atoms with Crippen LogP contribution >= 0.6 is 11.6 Å². The van der Waals surface area contributed by atoms with Gasteiger partial charge in [0, 0.05) is 61.5 Å². The van der Waals surface area contributed by atoms with Crippen LogP contribution in [0.25, 0.3) is 15.6 Å². The van der Waals surface area contributed by atoms with Gasteiger partial charge in [-0.2, -0.15) is 9.97 Å². The number of amides is 1. The first-order chi connectivity index (χ1) is 22.0. The Morgan fingerprint density at radius 1 is 1.16 bits per heavy atom. The molecule has 4 aliphatic rings. The van der Waals surface area contributed by atoms with Crippen molar-refractivity contribution in [3.63, 3.8) is 0 Å². The number of fused-ring (bicyclic) bond motifs is 4. The van der Waals surface area contributed by atoms with Gasteiger partial charge in [-0.25, -0.2) is 11.0 Å². The number of anilines is 2. The lowest BCUT2D eigenvalue weighted by Crippen LogP contribution is -2.56. The zero-order chi connectivity index (χ0) is 30.9. The summed E-state index contributed by atoms with van der Waals surface area (Å²) in [5, 5.41) is 2.82. The van der Waals surface area contributed by atoms with E-state index in [4.69, 9.17) is 37.6 Å². The monoisotopic (exact) mass is 631 g/mol. The van der Waals surface area contributed by atoms with Crippen LogP contribution < -0.4 is 14.5 Å². The standard InChI is InChI=1S/C33H35ClFN7O3/c1-36-16-24-17-40(13-14-42(24)30(43)9-4-11-35)32-26-10-12-39(29-8-3-6-22-5-2-7-27(34)31(22)29)19-28(26)37-33(38-32)45-21-41-18-25-15-23(41)20-44-25/h2-9,23-25H,10-21H2/b9-4+/t23-,24-,25-/m0/s1. The zero-order valence-corrected chi connectivity index (χ0v) is 25.7. The second-order valence-electron chi connectivity index (χ2n) is 12.0. The van der Waals surface area contributed by atoms with Crippen LogP contribution in [0.4, 0.5) is 15.9 Å². The van der Waals surface area contributed by atoms with Crippen molar-refractivity contribution in [2.24, 2.45) is 0 Å². The molecule has 5 heterocycles. The molecular weight excluding hydrogens is 597 g/mol. The molecular formula is C33H35ClFN7O3. The van der Waals surface area contributed by atoms with Crippen molar-refractivity contribution in [2.45, 2.75) is 37.6 Å². The Balaban J connectivity index is 1.20. The number of carbonyl (C=O) groups is 1. The third-order valence-corrected chi connectivity index (χ3v) is 9.60. The minimum atomic E-state index is -0.705. The highest BCUT2D eigenvalue weighted by molar-refractivity contribution is 6.36. The summed E-state index contributed by atoms with van der Waals surface area (Å²) in [7, 11) is 0. The minimum absolute atomic E-state index is 0.150. The van der Waals surface area contributed by atoms with E-state index in [-0.39, 0.29) is 24.6 Å². The Kier molecular flexibility index (Phi) is 8.45. The van der Waals surface area contributed by atoms with E-state index in [9.17, 15) is 9.18 Å². The molecule has 3 saturated heterocycles. The predicted octanol–water partition coefficient (Wildman–Crippen LogP) is 4.12. The molecule has 2 aromatic carbocycles. The normalized spacial score (nSPS) is 23.1. The molecule has 4 aliphatic heterocycles. The summed E-state index contributed by atoms with van der Waals surface area (Å²) in [6.07, 6.45) is 4.47. The number of rotatable bonds is 8. The van der Waals surface area contributed by atoms with Gasteiger partial charge in [-0.15, -0.1) is 0 Å². The van der Waals surface area contributed by atoms with Gasteiger partial charge in [0.25, 0.3) is 0 Å². The first kappa shape index (κ1) is 29.7. The summed E-state index contributed by atoms with van der Waals surface area (Å²) in [5.41, 5.74) is 3.00. The van der Waals surface area contributed by atoms with Gasteiger partial charge in [0.05, 0.1) is 30.0 Å². The number of likely N-dealkylation sites (tertiary alicyclic amines) is 1. The van der Waals surface area contributed by atoms with E-state index in [1.807, 2.05) is 12.1 Å². The molecule has 12 heteroatoms. The third-order valence-electron chi connectivity index (χ3n) is 9.29. The predicted molar refractivity (Wildman–Crippen MR) is 170 cm³/mol. The van der Waals surface area contributed by atoms with Crippen molar-refractivity contribution in [3.8, 4) is 6.01 Å². The van der Waals surface area contributed by atoms with Crippen molar-refractivity contribution >= 4 is 39.8 Å². The number of carbonyl (C=O) groups excluding carboxylic acids is 1. The maximum Gasteiger partial charge on any atom is 0.320 e. The Bertz CT molecular complexity index is 1660. The van der Waals surface area contributed by atoms with Gasteiger partial charge < -0.3 is 29.0 Å². The number of nitrogens with zero attached hydrogens (tertiary/aromatic N) is 7. The van der Waals surface area contributed by atoms with Crippen molar-refractivity contribution in [3.05, 3.63) is 76.2 Å². The van der Waals surface area contributed by atoms with Gasteiger partial charge in [-0.3, -0.25) is 9.69 Å². The second-order valence-corrected chi connectivity index (χ2v) is 12.4. The Hall–Kier alpha value is -3.98. The van der Waals surface area contributed by atoms with E-state index >= 15 is 0 Å². The summed E-state index contributed by atoms with van der Waals surface area (Å²) in [5.74, 6) is 0.515. The van der Waals surface area contributed by atoms with Crippen LogP contribution in [0.5, 0.6) is 6.01 Å². The van der Waals surface area contributed by atoms with E-state index in [0.29, 0.717) is 56.4 Å². The second kappa shape index (κ2) is 12.8. The zero-order valence-electron chi connectivity index (χ0n) is 24.9. The number of morpholine rings is 1. The fraction of sp³-hybridized carbons (Fsp3) is 0.455. The summed E-state index contributed by atoms with van der Waals surface area (Å²) < 4.78 is 24.8. The SMILES string of the molecule is [C-]#[N+]C[C@H]1CN(c2nc(OCN3C[C@@H]4C[C@H]3CO4)nc3c2CCN(c2cccc4cccc(Cl)c24)C3)CCN1C(=O)/C=C/CF. The van der Waals surface area contributed by atoms with E-state index in [0.717, 1.165) is 59.7 Å². The molecule has 0 spiro atoms. The Morgan fingerprint density at radius 2 is 2.02 bits per heavy atom. The number of piperazine rings is 1. The van der Waals surface area contributed by atoms with E-state index in [2.05, 4.69) is 43.8 Å². The molecule has 1 aromatic heterocycles. The molecule has 3 fully saturated rings. The average Bonchev–Trinajstić information content (AvgIpc) is 3.70. The topological polar surface area (TPSA) is 78.6 Å². The Morgan fingerprint density at radius 3 is 2.80 bits per heavy atom. The molecule has 0 aliphatic carbocycles. The van der Waals surface area contributed by atoms with Crippen molar-refractivity contribution in [1.82, 2.24) is 19.8 Å². The molecule has 10 nitrogen and oxygen atoms in total. The molecule has 0 radical (unpaired) electrons. The molecule has 2 bridgehead atoms. The van der Waals surface area contributed by atoms with Crippen molar-refractivity contribution in [1.29, 1.82) is 0 Å². The average molecular weight is 632 g/mol. The number of aromatic nitrogens is 2. The largest absolute Gasteiger partial charge is 0.447 e. The number of ether oxygens (including phenoxy) is 2. The van der Waals surface area contributed by atoms with E-state index in [1.54, 1.807) is 4.90 Å². The van der Waals surface area contributed by atoms with Crippen LogP contribution in [0.1, 0.15) is 17.7 Å². The molecule has 0 unspecified atom stereocenters. The Labute approximate surface area is 266 Å². The lowest BCUT2D eigenvalue weighted by atomic mass is 10.0.